The molecule has 198 valence electrons. The van der Waals surface area contributed by atoms with Crippen molar-refractivity contribution in [3.05, 3.63) is 65.7 Å². The smallest absolute Gasteiger partial charge is 0.222 e. The predicted molar refractivity (Wildman–Crippen MR) is 143 cm³/mol. The first-order valence-electron chi connectivity index (χ1n) is 13.0. The van der Waals surface area contributed by atoms with E-state index < -0.39 is 23.8 Å². The van der Waals surface area contributed by atoms with Crippen molar-refractivity contribution in [2.45, 2.75) is 58.6 Å². The Hall–Kier alpha value is -2.90. The number of aliphatic hydroxyl groups excluding tert-OH is 1. The molecule has 0 aliphatic heterocycles. The van der Waals surface area contributed by atoms with Gasteiger partial charge >= 0.3 is 0 Å². The van der Waals surface area contributed by atoms with Crippen molar-refractivity contribution in [3.63, 3.8) is 0 Å². The van der Waals surface area contributed by atoms with E-state index in [-0.39, 0.29) is 12.3 Å². The highest BCUT2D eigenvalue weighted by molar-refractivity contribution is 5.80. The van der Waals surface area contributed by atoms with Gasteiger partial charge < -0.3 is 25.8 Å². The lowest BCUT2D eigenvalue weighted by molar-refractivity contribution is -0.132. The van der Waals surface area contributed by atoms with Gasteiger partial charge in [0.1, 0.15) is 5.75 Å². The fourth-order valence-electron chi connectivity index (χ4n) is 4.64. The number of methoxy groups -OCH3 is 1. The first kappa shape index (κ1) is 29.3. The molecule has 2 aromatic carbocycles. The number of nitrogens with two attached hydrogens (primary N) is 1. The lowest BCUT2D eigenvalue weighted by Gasteiger charge is -2.30. The largest absolute Gasteiger partial charge is 0.497 e. The van der Waals surface area contributed by atoms with E-state index in [2.05, 4.69) is 5.32 Å². The van der Waals surface area contributed by atoms with E-state index in [0.717, 1.165) is 29.7 Å². The molecule has 0 radical (unpaired) electrons. The fourth-order valence-corrected chi connectivity index (χ4v) is 4.64. The molecule has 0 aliphatic carbocycles. The van der Waals surface area contributed by atoms with E-state index in [9.17, 15) is 14.7 Å². The quantitative estimate of drug-likeness (QED) is 0.310. The Morgan fingerprint density at radius 3 is 2.31 bits per heavy atom. The van der Waals surface area contributed by atoms with E-state index in [0.29, 0.717) is 39.0 Å². The third-order valence-corrected chi connectivity index (χ3v) is 6.52. The van der Waals surface area contributed by atoms with Crippen LogP contribution in [0, 0.1) is 11.8 Å². The molecular weight excluding hydrogens is 454 g/mol. The zero-order valence-electron chi connectivity index (χ0n) is 22.0. The molecule has 0 saturated carbocycles. The Balaban J connectivity index is 2.12. The summed E-state index contributed by atoms with van der Waals surface area (Å²) in [6, 6.07) is 17.5. The molecule has 0 fully saturated rings. The van der Waals surface area contributed by atoms with Gasteiger partial charge in [0.25, 0.3) is 0 Å². The third kappa shape index (κ3) is 9.63. The Morgan fingerprint density at radius 2 is 1.69 bits per heavy atom. The van der Waals surface area contributed by atoms with E-state index in [4.69, 9.17) is 10.5 Å². The van der Waals surface area contributed by atoms with Crippen LogP contribution >= 0.6 is 0 Å². The van der Waals surface area contributed by atoms with Crippen molar-refractivity contribution in [3.8, 4) is 5.75 Å². The van der Waals surface area contributed by atoms with Crippen molar-refractivity contribution in [1.29, 1.82) is 0 Å². The molecule has 0 bridgehead atoms. The van der Waals surface area contributed by atoms with Crippen LogP contribution < -0.4 is 15.8 Å². The number of amides is 2. The SMILES string of the molecule is CCCN(CCC)C(=O)CCC(C(N)=O)[C@H](Cc1ccccc1)[C@@H](O)CNCc1cccc(OC)c1. The monoisotopic (exact) mass is 497 g/mol. The molecule has 2 rings (SSSR count). The van der Waals surface area contributed by atoms with Crippen molar-refractivity contribution >= 4 is 11.8 Å². The van der Waals surface area contributed by atoms with Gasteiger partial charge in [0, 0.05) is 44.4 Å². The van der Waals surface area contributed by atoms with Crippen molar-refractivity contribution < 1.29 is 19.4 Å². The number of aliphatic hydroxyl groups is 1. The van der Waals surface area contributed by atoms with Crippen LogP contribution in [0.5, 0.6) is 5.75 Å². The van der Waals surface area contributed by atoms with Gasteiger partial charge in [-0.25, -0.2) is 0 Å². The number of nitrogens with zero attached hydrogens (tertiary/aromatic N) is 1. The molecule has 0 aromatic heterocycles. The topological polar surface area (TPSA) is 105 Å². The van der Waals surface area contributed by atoms with Crippen LogP contribution in [0.15, 0.2) is 54.6 Å². The zero-order chi connectivity index (χ0) is 26.3. The van der Waals surface area contributed by atoms with Gasteiger partial charge in [0.05, 0.1) is 13.2 Å². The first-order chi connectivity index (χ1) is 17.4. The summed E-state index contributed by atoms with van der Waals surface area (Å²) in [5.74, 6) is -0.702. The van der Waals surface area contributed by atoms with Crippen LogP contribution in [-0.2, 0) is 22.6 Å². The van der Waals surface area contributed by atoms with Crippen LogP contribution in [-0.4, -0.2) is 54.7 Å². The molecule has 0 heterocycles. The normalized spacial score (nSPS) is 13.6. The van der Waals surface area contributed by atoms with Crippen LogP contribution in [0.25, 0.3) is 0 Å². The number of hydrogen-bond donors (Lipinski definition) is 3. The molecule has 7 nitrogen and oxygen atoms in total. The molecule has 2 amide bonds. The highest BCUT2D eigenvalue weighted by Gasteiger charge is 2.33. The number of primary amides is 1. The van der Waals surface area contributed by atoms with Gasteiger partial charge in [0.2, 0.25) is 11.8 Å². The summed E-state index contributed by atoms with van der Waals surface area (Å²) in [7, 11) is 1.63. The zero-order valence-corrected chi connectivity index (χ0v) is 22.0. The third-order valence-electron chi connectivity index (χ3n) is 6.52. The first-order valence-corrected chi connectivity index (χ1v) is 13.0. The van der Waals surface area contributed by atoms with Crippen LogP contribution in [0.1, 0.15) is 50.7 Å². The second kappa shape index (κ2) is 16.0. The van der Waals surface area contributed by atoms with Gasteiger partial charge in [-0.2, -0.15) is 0 Å². The minimum absolute atomic E-state index is 0.0362. The van der Waals surface area contributed by atoms with Crippen molar-refractivity contribution in [2.75, 3.05) is 26.7 Å². The van der Waals surface area contributed by atoms with Crippen molar-refractivity contribution in [2.24, 2.45) is 17.6 Å². The van der Waals surface area contributed by atoms with E-state index in [1.807, 2.05) is 73.3 Å². The fraction of sp³-hybridized carbons (Fsp3) is 0.517. The molecule has 0 saturated heterocycles. The highest BCUT2D eigenvalue weighted by atomic mass is 16.5. The maximum absolute atomic E-state index is 12.9. The number of carbonyl (C=O) groups excluding carboxylic acids is 2. The molecule has 4 N–H and O–H groups in total. The Kier molecular flexibility index (Phi) is 13.0. The van der Waals surface area contributed by atoms with Crippen molar-refractivity contribution in [1.82, 2.24) is 10.2 Å². The number of hydrogen-bond acceptors (Lipinski definition) is 5. The molecule has 2 aromatic rings. The average Bonchev–Trinajstić information content (AvgIpc) is 2.88. The van der Waals surface area contributed by atoms with E-state index in [1.165, 1.54) is 0 Å². The average molecular weight is 498 g/mol. The van der Waals surface area contributed by atoms with Gasteiger partial charge in [0.15, 0.2) is 0 Å². The summed E-state index contributed by atoms with van der Waals surface area (Å²) < 4.78 is 5.28. The molecular formula is C29H43N3O4. The van der Waals surface area contributed by atoms with Gasteiger partial charge in [-0.1, -0.05) is 56.3 Å². The maximum Gasteiger partial charge on any atom is 0.222 e. The standard InChI is InChI=1S/C29H43N3O4/c1-4-16-32(17-5-2)28(34)15-14-25(29(30)35)26(19-22-10-7-6-8-11-22)27(33)21-31-20-23-12-9-13-24(18-23)36-3/h6-13,18,25-27,31,33H,4-5,14-17,19-21H2,1-3H3,(H2,30,35)/t25?,26-,27-/m0/s1. The predicted octanol–water partition coefficient (Wildman–Crippen LogP) is 3.53. The Morgan fingerprint density at radius 1 is 1.03 bits per heavy atom. The van der Waals surface area contributed by atoms with Crippen LogP contribution in [0.4, 0.5) is 0 Å². The number of carbonyl (C=O) groups is 2. The lowest BCUT2D eigenvalue weighted by Crippen LogP contribution is -2.43. The minimum atomic E-state index is -0.814. The van der Waals surface area contributed by atoms with Crippen LogP contribution in [0.2, 0.25) is 0 Å². The van der Waals surface area contributed by atoms with Crippen LogP contribution in [0.3, 0.4) is 0 Å². The summed E-state index contributed by atoms with van der Waals surface area (Å²) >= 11 is 0. The Bertz CT molecular complexity index is 916. The summed E-state index contributed by atoms with van der Waals surface area (Å²) in [5.41, 5.74) is 7.90. The summed E-state index contributed by atoms with van der Waals surface area (Å²) in [4.78, 5) is 27.3. The highest BCUT2D eigenvalue weighted by Crippen LogP contribution is 2.26. The molecule has 0 aliphatic rings. The van der Waals surface area contributed by atoms with E-state index in [1.54, 1.807) is 7.11 Å². The number of nitrogens with one attached hydrogen (secondary N) is 1. The summed E-state index contributed by atoms with van der Waals surface area (Å²) in [6.45, 7) is 6.36. The molecule has 7 heteroatoms. The maximum atomic E-state index is 12.9. The summed E-state index contributed by atoms with van der Waals surface area (Å²) in [6.07, 6.45) is 2.02. The number of rotatable bonds is 17. The second-order valence-electron chi connectivity index (χ2n) is 9.33. The molecule has 36 heavy (non-hydrogen) atoms. The van der Waals surface area contributed by atoms with Gasteiger partial charge in [-0.3, -0.25) is 9.59 Å². The Labute approximate surface area is 216 Å². The lowest BCUT2D eigenvalue weighted by atomic mass is 9.79. The molecule has 3 atom stereocenters. The minimum Gasteiger partial charge on any atom is -0.497 e. The number of benzene rings is 2. The number of ether oxygens (including phenoxy) is 1. The molecule has 0 spiro atoms. The second-order valence-corrected chi connectivity index (χ2v) is 9.33. The molecule has 1 unspecified atom stereocenters. The van der Waals surface area contributed by atoms with E-state index >= 15 is 0 Å². The van der Waals surface area contributed by atoms with Gasteiger partial charge in [-0.15, -0.1) is 0 Å². The summed E-state index contributed by atoms with van der Waals surface area (Å²) in [5, 5.41) is 14.5. The van der Waals surface area contributed by atoms with Gasteiger partial charge in [-0.05, 0) is 48.9 Å².